The molecule has 2 unspecified atom stereocenters. The van der Waals surface area contributed by atoms with Crippen molar-refractivity contribution in [2.24, 2.45) is 17.6 Å². The van der Waals surface area contributed by atoms with Gasteiger partial charge in [-0.05, 0) is 36.8 Å². The van der Waals surface area contributed by atoms with Crippen LogP contribution >= 0.6 is 11.3 Å². The Balaban J connectivity index is 2.01. The number of rotatable bonds is 3. The number of nitrogens with two attached hydrogens (primary N) is 1. The molecule has 2 atom stereocenters. The minimum Gasteiger partial charge on any atom is -0.326 e. The van der Waals surface area contributed by atoms with Gasteiger partial charge in [-0.15, -0.1) is 11.3 Å². The number of aryl methyl sites for hydroxylation is 1. The Bertz CT molecular complexity index is 362. The van der Waals surface area contributed by atoms with Crippen LogP contribution < -0.4 is 5.73 Å². The highest BCUT2D eigenvalue weighted by molar-refractivity contribution is 7.12. The standard InChI is InChI=1S/C14H24N2S/c1-10-4-11(2)8-16(7-10)9-13-5-14(6-15)17-12(13)3/h5,10-11H,4,6-9,15H2,1-3H3. The van der Waals surface area contributed by atoms with Crippen molar-refractivity contribution < 1.29 is 0 Å². The van der Waals surface area contributed by atoms with Crippen LogP contribution in [0.2, 0.25) is 0 Å². The minimum absolute atomic E-state index is 0.679. The van der Waals surface area contributed by atoms with Gasteiger partial charge in [0, 0.05) is 35.9 Å². The van der Waals surface area contributed by atoms with Gasteiger partial charge >= 0.3 is 0 Å². The third kappa shape index (κ3) is 3.30. The van der Waals surface area contributed by atoms with Crippen LogP contribution in [0.1, 0.15) is 35.6 Å². The summed E-state index contributed by atoms with van der Waals surface area (Å²) in [6, 6.07) is 2.30. The van der Waals surface area contributed by atoms with Crippen molar-refractivity contribution in [2.75, 3.05) is 13.1 Å². The van der Waals surface area contributed by atoms with E-state index < -0.39 is 0 Å². The number of likely N-dealkylation sites (tertiary alicyclic amines) is 1. The molecular weight excluding hydrogens is 228 g/mol. The van der Waals surface area contributed by atoms with E-state index in [1.807, 2.05) is 11.3 Å². The van der Waals surface area contributed by atoms with Gasteiger partial charge in [0.1, 0.15) is 0 Å². The lowest BCUT2D eigenvalue weighted by Crippen LogP contribution is -2.38. The normalized spacial score (nSPS) is 26.4. The molecule has 1 saturated heterocycles. The quantitative estimate of drug-likeness (QED) is 0.896. The molecule has 17 heavy (non-hydrogen) atoms. The second kappa shape index (κ2) is 5.51. The zero-order valence-corrected chi connectivity index (χ0v) is 12.0. The molecule has 1 aliphatic rings. The first-order chi connectivity index (χ1) is 8.08. The number of nitrogens with zero attached hydrogens (tertiary/aromatic N) is 1. The first kappa shape index (κ1) is 13.1. The van der Waals surface area contributed by atoms with Crippen molar-refractivity contribution in [3.05, 3.63) is 21.4 Å². The Kier molecular flexibility index (Phi) is 4.23. The molecule has 0 radical (unpaired) electrons. The summed E-state index contributed by atoms with van der Waals surface area (Å²) in [6.45, 7) is 11.2. The molecule has 2 heterocycles. The van der Waals surface area contributed by atoms with E-state index in [1.54, 1.807) is 0 Å². The van der Waals surface area contributed by atoms with Crippen molar-refractivity contribution in [2.45, 2.75) is 40.3 Å². The predicted octanol–water partition coefficient (Wildman–Crippen LogP) is 2.99. The molecule has 1 fully saturated rings. The maximum absolute atomic E-state index is 5.71. The lowest BCUT2D eigenvalue weighted by atomic mass is 9.91. The monoisotopic (exact) mass is 252 g/mol. The number of hydrogen-bond donors (Lipinski definition) is 1. The van der Waals surface area contributed by atoms with Gasteiger partial charge in [-0.25, -0.2) is 0 Å². The molecule has 2 nitrogen and oxygen atoms in total. The fourth-order valence-corrected chi connectivity index (χ4v) is 3.94. The molecule has 96 valence electrons. The summed E-state index contributed by atoms with van der Waals surface area (Å²) in [7, 11) is 0. The van der Waals surface area contributed by atoms with E-state index in [1.165, 1.54) is 34.8 Å². The van der Waals surface area contributed by atoms with Gasteiger partial charge in [-0.3, -0.25) is 4.90 Å². The second-order valence-electron chi connectivity index (χ2n) is 5.64. The summed E-state index contributed by atoms with van der Waals surface area (Å²) in [6.07, 6.45) is 1.38. The molecule has 0 bridgehead atoms. The van der Waals surface area contributed by atoms with Crippen LogP contribution in [0, 0.1) is 18.8 Å². The van der Waals surface area contributed by atoms with Gasteiger partial charge in [0.05, 0.1) is 0 Å². The van der Waals surface area contributed by atoms with Crippen LogP contribution in [-0.4, -0.2) is 18.0 Å². The van der Waals surface area contributed by atoms with Crippen LogP contribution in [0.15, 0.2) is 6.07 Å². The fraction of sp³-hybridized carbons (Fsp3) is 0.714. The van der Waals surface area contributed by atoms with E-state index in [9.17, 15) is 0 Å². The number of piperidine rings is 1. The van der Waals surface area contributed by atoms with E-state index in [0.717, 1.165) is 18.4 Å². The van der Waals surface area contributed by atoms with Crippen molar-refractivity contribution in [1.29, 1.82) is 0 Å². The largest absolute Gasteiger partial charge is 0.326 e. The molecule has 0 aliphatic carbocycles. The summed E-state index contributed by atoms with van der Waals surface area (Å²) in [4.78, 5) is 5.36. The van der Waals surface area contributed by atoms with E-state index >= 15 is 0 Å². The molecule has 0 saturated carbocycles. The maximum Gasteiger partial charge on any atom is 0.0274 e. The smallest absolute Gasteiger partial charge is 0.0274 e. The average Bonchev–Trinajstić information content (AvgIpc) is 2.58. The number of thiophene rings is 1. The van der Waals surface area contributed by atoms with Crippen molar-refractivity contribution >= 4 is 11.3 Å². The summed E-state index contributed by atoms with van der Waals surface area (Å²) < 4.78 is 0. The Morgan fingerprint density at radius 1 is 1.35 bits per heavy atom. The van der Waals surface area contributed by atoms with Crippen LogP contribution in [0.4, 0.5) is 0 Å². The minimum atomic E-state index is 0.679. The second-order valence-corrected chi connectivity index (χ2v) is 6.98. The van der Waals surface area contributed by atoms with Gasteiger partial charge in [0.15, 0.2) is 0 Å². The van der Waals surface area contributed by atoms with Crippen LogP contribution in [0.5, 0.6) is 0 Å². The van der Waals surface area contributed by atoms with E-state index in [0.29, 0.717) is 6.54 Å². The summed E-state index contributed by atoms with van der Waals surface area (Å²) >= 11 is 1.85. The van der Waals surface area contributed by atoms with Gasteiger partial charge in [-0.1, -0.05) is 13.8 Å². The molecule has 0 aromatic carbocycles. The Morgan fingerprint density at radius 3 is 2.53 bits per heavy atom. The Morgan fingerprint density at radius 2 is 2.00 bits per heavy atom. The van der Waals surface area contributed by atoms with Crippen LogP contribution in [0.25, 0.3) is 0 Å². The first-order valence-corrected chi connectivity index (χ1v) is 7.40. The zero-order valence-electron chi connectivity index (χ0n) is 11.2. The third-order valence-corrected chi connectivity index (χ3v) is 4.73. The van der Waals surface area contributed by atoms with Crippen molar-refractivity contribution in [3.63, 3.8) is 0 Å². The molecule has 2 rings (SSSR count). The Hall–Kier alpha value is -0.380. The molecular formula is C14H24N2S. The highest BCUT2D eigenvalue weighted by atomic mass is 32.1. The summed E-state index contributed by atoms with van der Waals surface area (Å²) in [5, 5.41) is 0. The van der Waals surface area contributed by atoms with Crippen LogP contribution in [-0.2, 0) is 13.1 Å². The van der Waals surface area contributed by atoms with Crippen molar-refractivity contribution in [3.8, 4) is 0 Å². The zero-order chi connectivity index (χ0) is 12.4. The molecule has 1 aromatic heterocycles. The topological polar surface area (TPSA) is 29.3 Å². The molecule has 2 N–H and O–H groups in total. The van der Waals surface area contributed by atoms with Gasteiger partial charge in [0.2, 0.25) is 0 Å². The highest BCUT2D eigenvalue weighted by Gasteiger charge is 2.22. The lowest BCUT2D eigenvalue weighted by Gasteiger charge is -2.34. The highest BCUT2D eigenvalue weighted by Crippen LogP contribution is 2.26. The molecule has 1 aliphatic heterocycles. The fourth-order valence-electron chi connectivity index (χ4n) is 3.01. The molecule has 0 amide bonds. The van der Waals surface area contributed by atoms with Gasteiger partial charge in [0.25, 0.3) is 0 Å². The summed E-state index contributed by atoms with van der Waals surface area (Å²) in [5.74, 6) is 1.68. The average molecular weight is 252 g/mol. The van der Waals surface area contributed by atoms with Gasteiger partial charge in [-0.2, -0.15) is 0 Å². The first-order valence-electron chi connectivity index (χ1n) is 6.59. The molecule has 3 heteroatoms. The maximum atomic E-state index is 5.71. The summed E-state index contributed by atoms with van der Waals surface area (Å²) in [5.41, 5.74) is 7.19. The van der Waals surface area contributed by atoms with Gasteiger partial charge < -0.3 is 5.73 Å². The lowest BCUT2D eigenvalue weighted by molar-refractivity contribution is 0.134. The van der Waals surface area contributed by atoms with E-state index in [2.05, 4.69) is 31.7 Å². The van der Waals surface area contributed by atoms with Crippen LogP contribution in [0.3, 0.4) is 0 Å². The molecule has 1 aromatic rings. The number of hydrogen-bond acceptors (Lipinski definition) is 3. The third-order valence-electron chi connectivity index (χ3n) is 3.61. The van der Waals surface area contributed by atoms with E-state index in [4.69, 9.17) is 5.73 Å². The predicted molar refractivity (Wildman–Crippen MR) is 75.2 cm³/mol. The molecule has 0 spiro atoms. The SMILES string of the molecule is Cc1sc(CN)cc1CN1CC(C)CC(C)C1. The Labute approximate surface area is 109 Å². The van der Waals surface area contributed by atoms with E-state index in [-0.39, 0.29) is 0 Å². The van der Waals surface area contributed by atoms with Crippen molar-refractivity contribution in [1.82, 2.24) is 4.90 Å².